The number of ether oxygens (including phenoxy) is 2. The summed E-state index contributed by atoms with van der Waals surface area (Å²) in [6, 6.07) is 12.3. The summed E-state index contributed by atoms with van der Waals surface area (Å²) in [7, 11) is 0. The van der Waals surface area contributed by atoms with Crippen LogP contribution in [0.5, 0.6) is 5.75 Å². The fraction of sp³-hybridized carbons (Fsp3) is 0.556. The zero-order valence-corrected chi connectivity index (χ0v) is 19.4. The Bertz CT molecular complexity index is 814. The first-order valence-corrected chi connectivity index (χ1v) is 12.1. The van der Waals surface area contributed by atoms with Crippen molar-refractivity contribution in [3.05, 3.63) is 48.2 Å². The zero-order valence-electron chi connectivity index (χ0n) is 19.4. The van der Waals surface area contributed by atoms with Gasteiger partial charge in [-0.3, -0.25) is 4.98 Å². The van der Waals surface area contributed by atoms with E-state index in [0.29, 0.717) is 18.9 Å². The lowest BCUT2D eigenvalue weighted by Gasteiger charge is -2.28. The molecule has 174 valence electrons. The fourth-order valence-corrected chi connectivity index (χ4v) is 4.12. The van der Waals surface area contributed by atoms with Gasteiger partial charge in [-0.15, -0.1) is 0 Å². The first kappa shape index (κ1) is 24.2. The molecule has 1 aromatic carbocycles. The van der Waals surface area contributed by atoms with Gasteiger partial charge in [-0.05, 0) is 80.3 Å². The number of rotatable bonds is 11. The number of unbranched alkanes of at least 4 members (excludes halogenated alkanes) is 1. The number of carbonyl (C=O) groups excluding carboxylic acids is 1. The first-order valence-electron chi connectivity index (χ1n) is 12.1. The zero-order chi connectivity index (χ0) is 22.8. The van der Waals surface area contributed by atoms with Gasteiger partial charge in [0.05, 0.1) is 12.3 Å². The number of nitrogens with zero attached hydrogens (tertiary/aromatic N) is 1. The molecule has 1 aromatic heterocycles. The summed E-state index contributed by atoms with van der Waals surface area (Å²) in [5.41, 5.74) is 3.31. The number of esters is 1. The summed E-state index contributed by atoms with van der Waals surface area (Å²) in [6.07, 6.45) is 7.75. The van der Waals surface area contributed by atoms with E-state index in [2.05, 4.69) is 24.0 Å². The van der Waals surface area contributed by atoms with E-state index in [0.717, 1.165) is 62.0 Å². The predicted octanol–water partition coefficient (Wildman–Crippen LogP) is 6.71. The lowest BCUT2D eigenvalue weighted by molar-refractivity contribution is -0.157. The summed E-state index contributed by atoms with van der Waals surface area (Å²) in [5.74, 6) is 0.590. The van der Waals surface area contributed by atoms with E-state index in [1.807, 2.05) is 37.4 Å². The highest BCUT2D eigenvalue weighted by atomic mass is 19.1. The Morgan fingerprint density at radius 1 is 1.06 bits per heavy atom. The molecule has 3 rings (SSSR count). The predicted molar refractivity (Wildman–Crippen MR) is 125 cm³/mol. The molecule has 1 aliphatic rings. The van der Waals surface area contributed by atoms with Crippen molar-refractivity contribution >= 4 is 5.97 Å². The minimum atomic E-state index is -1.48. The summed E-state index contributed by atoms with van der Waals surface area (Å²) >= 11 is 0. The van der Waals surface area contributed by atoms with Crippen molar-refractivity contribution in [2.45, 2.75) is 83.9 Å². The number of pyridine rings is 1. The average molecular weight is 442 g/mol. The van der Waals surface area contributed by atoms with Gasteiger partial charge in [0.15, 0.2) is 6.17 Å². The van der Waals surface area contributed by atoms with Gasteiger partial charge in [0, 0.05) is 11.8 Å². The normalized spacial score (nSPS) is 19.3. The molecule has 32 heavy (non-hydrogen) atoms. The molecule has 0 bridgehead atoms. The van der Waals surface area contributed by atoms with Crippen molar-refractivity contribution in [2.75, 3.05) is 6.61 Å². The minimum Gasteiger partial charge on any atom is -0.493 e. The largest absolute Gasteiger partial charge is 0.493 e. The van der Waals surface area contributed by atoms with E-state index in [4.69, 9.17) is 9.47 Å². The van der Waals surface area contributed by atoms with Crippen molar-refractivity contribution in [3.8, 4) is 17.0 Å². The first-order chi connectivity index (χ1) is 15.6. The van der Waals surface area contributed by atoms with Crippen LogP contribution in [0.1, 0.15) is 70.8 Å². The number of carbonyl (C=O) groups is 1. The molecule has 1 fully saturated rings. The van der Waals surface area contributed by atoms with E-state index in [-0.39, 0.29) is 12.5 Å². The molecular formula is C27H36FNO3. The number of hydrogen-bond acceptors (Lipinski definition) is 4. The van der Waals surface area contributed by atoms with Gasteiger partial charge < -0.3 is 9.47 Å². The molecule has 0 aliphatic heterocycles. The van der Waals surface area contributed by atoms with Gasteiger partial charge in [0.1, 0.15) is 11.9 Å². The van der Waals surface area contributed by atoms with E-state index in [9.17, 15) is 9.18 Å². The molecule has 4 nitrogen and oxygen atoms in total. The number of halogens is 1. The summed E-state index contributed by atoms with van der Waals surface area (Å²) in [4.78, 5) is 16.4. The number of benzene rings is 1. The van der Waals surface area contributed by atoms with Crippen molar-refractivity contribution in [3.63, 3.8) is 0 Å². The average Bonchev–Trinajstić information content (AvgIpc) is 2.83. The van der Waals surface area contributed by atoms with Gasteiger partial charge in [-0.2, -0.15) is 0 Å². The highest BCUT2D eigenvalue weighted by Crippen LogP contribution is 2.28. The minimum absolute atomic E-state index is 0.158. The van der Waals surface area contributed by atoms with E-state index < -0.39 is 12.1 Å². The maximum Gasteiger partial charge on any atom is 0.340 e. The van der Waals surface area contributed by atoms with Gasteiger partial charge in [0.2, 0.25) is 0 Å². The molecule has 0 amide bonds. The van der Waals surface area contributed by atoms with Crippen molar-refractivity contribution in [1.82, 2.24) is 4.98 Å². The van der Waals surface area contributed by atoms with Crippen molar-refractivity contribution < 1.29 is 18.7 Å². The quantitative estimate of drug-likeness (QED) is 0.364. The Kier molecular flexibility index (Phi) is 9.51. The van der Waals surface area contributed by atoms with Gasteiger partial charge in [0.25, 0.3) is 0 Å². The van der Waals surface area contributed by atoms with Crippen LogP contribution >= 0.6 is 0 Å². The van der Waals surface area contributed by atoms with Gasteiger partial charge in [-0.1, -0.05) is 39.2 Å². The van der Waals surface area contributed by atoms with E-state index >= 15 is 0 Å². The second-order valence-electron chi connectivity index (χ2n) is 8.83. The maximum atomic E-state index is 13.8. The maximum absolute atomic E-state index is 13.8. The van der Waals surface area contributed by atoms with Crippen molar-refractivity contribution in [2.24, 2.45) is 5.92 Å². The molecule has 1 aliphatic carbocycles. The molecule has 0 saturated heterocycles. The molecule has 5 heteroatoms. The standard InChI is InChI=1S/C27H36FNO3/c1-3-5-7-25(28)27(30)32-24-13-8-21(9-14-24)19-31-23-15-11-22(12-16-23)26-17-10-20(6-4-2)18-29-26/h10-12,15-18,21,24-25H,3-9,13-14,19H2,1-2H3/t21?,24?,25-/m0/s1. The SMILES string of the molecule is CCCC[C@H](F)C(=O)OC1CCC(COc2ccc(-c3ccc(CCC)cn3)cc2)CC1. The number of aromatic nitrogens is 1. The summed E-state index contributed by atoms with van der Waals surface area (Å²) < 4.78 is 25.2. The molecule has 1 saturated carbocycles. The van der Waals surface area contributed by atoms with Crippen LogP contribution < -0.4 is 4.74 Å². The van der Waals surface area contributed by atoms with Crippen molar-refractivity contribution in [1.29, 1.82) is 0 Å². The van der Waals surface area contributed by atoms with Gasteiger partial charge >= 0.3 is 5.97 Å². The molecule has 0 N–H and O–H groups in total. The summed E-state index contributed by atoms with van der Waals surface area (Å²) in [6.45, 7) is 4.80. The van der Waals surface area contributed by atoms with Crippen LogP contribution in [0.2, 0.25) is 0 Å². The third-order valence-corrected chi connectivity index (χ3v) is 6.14. The highest BCUT2D eigenvalue weighted by molar-refractivity contribution is 5.74. The molecule has 0 unspecified atom stereocenters. The lowest BCUT2D eigenvalue weighted by atomic mass is 9.88. The topological polar surface area (TPSA) is 48.4 Å². The number of aryl methyl sites for hydroxylation is 1. The van der Waals surface area contributed by atoms with Crippen LogP contribution in [0.15, 0.2) is 42.6 Å². The van der Waals surface area contributed by atoms with Crippen LogP contribution in [0, 0.1) is 5.92 Å². The molecular weight excluding hydrogens is 405 g/mol. The molecule has 1 atom stereocenters. The van der Waals surface area contributed by atoms with Crippen LogP contribution in [-0.4, -0.2) is 29.8 Å². The third kappa shape index (κ3) is 7.32. The lowest BCUT2D eigenvalue weighted by Crippen LogP contribution is -2.30. The number of alkyl halides is 1. The second kappa shape index (κ2) is 12.6. The highest BCUT2D eigenvalue weighted by Gasteiger charge is 2.27. The Balaban J connectivity index is 1.39. The second-order valence-corrected chi connectivity index (χ2v) is 8.83. The molecule has 0 radical (unpaired) electrons. The monoisotopic (exact) mass is 441 g/mol. The van der Waals surface area contributed by atoms with Crippen LogP contribution in [0.3, 0.4) is 0 Å². The van der Waals surface area contributed by atoms with Crippen LogP contribution in [-0.2, 0) is 16.0 Å². The van der Waals surface area contributed by atoms with E-state index in [1.54, 1.807) is 0 Å². The fourth-order valence-electron chi connectivity index (χ4n) is 4.12. The van der Waals surface area contributed by atoms with E-state index in [1.165, 1.54) is 5.56 Å². The number of hydrogen-bond donors (Lipinski definition) is 0. The smallest absolute Gasteiger partial charge is 0.340 e. The Morgan fingerprint density at radius 3 is 2.44 bits per heavy atom. The van der Waals surface area contributed by atoms with Crippen LogP contribution in [0.25, 0.3) is 11.3 Å². The Hall–Kier alpha value is -2.43. The Labute approximate surface area is 191 Å². The Morgan fingerprint density at radius 2 is 1.81 bits per heavy atom. The van der Waals surface area contributed by atoms with Crippen LogP contribution in [0.4, 0.5) is 4.39 Å². The molecule has 2 aromatic rings. The third-order valence-electron chi connectivity index (χ3n) is 6.14. The summed E-state index contributed by atoms with van der Waals surface area (Å²) in [5, 5.41) is 0. The van der Waals surface area contributed by atoms with Gasteiger partial charge in [-0.25, -0.2) is 9.18 Å². The molecule has 1 heterocycles. The molecule has 0 spiro atoms.